The number of piperidine rings is 1. The molecule has 2 aliphatic heterocycles. The van der Waals surface area contributed by atoms with Crippen molar-refractivity contribution in [3.63, 3.8) is 0 Å². The molecule has 0 aliphatic carbocycles. The number of rotatable bonds is 3. The molecule has 1 aromatic heterocycles. The maximum absolute atomic E-state index is 6.30. The van der Waals surface area contributed by atoms with Crippen LogP contribution in [-0.4, -0.2) is 29.2 Å². The van der Waals surface area contributed by atoms with Crippen molar-refractivity contribution in [3.05, 3.63) is 76.5 Å². The number of nitrogens with zero attached hydrogens (tertiary/aromatic N) is 2. The van der Waals surface area contributed by atoms with Gasteiger partial charge in [0.15, 0.2) is 0 Å². The minimum atomic E-state index is 0.314. The number of likely N-dealkylation sites (N-methyl/N-ethyl adjacent to an activating group) is 1. The first-order valence-electron chi connectivity index (χ1n) is 10.1. The predicted octanol–water partition coefficient (Wildman–Crippen LogP) is 6.04. The number of aromatic nitrogens is 1. The molecule has 2 saturated heterocycles. The molecule has 0 amide bonds. The fourth-order valence-electron chi connectivity index (χ4n) is 5.29. The summed E-state index contributed by atoms with van der Waals surface area (Å²) in [6.07, 6.45) is 3.64. The van der Waals surface area contributed by atoms with Crippen molar-refractivity contribution in [1.29, 1.82) is 0 Å². The van der Waals surface area contributed by atoms with E-state index in [2.05, 4.69) is 54.4 Å². The first-order chi connectivity index (χ1) is 13.6. The first kappa shape index (κ1) is 18.0. The van der Waals surface area contributed by atoms with E-state index in [1.54, 1.807) is 0 Å². The molecule has 2 aliphatic rings. The third-order valence-electron chi connectivity index (χ3n) is 6.81. The van der Waals surface area contributed by atoms with Gasteiger partial charge < -0.3 is 4.52 Å². The second-order valence-electron chi connectivity index (χ2n) is 8.32. The minimum absolute atomic E-state index is 0.314. The van der Waals surface area contributed by atoms with E-state index in [0.29, 0.717) is 23.9 Å². The summed E-state index contributed by atoms with van der Waals surface area (Å²) in [6, 6.07) is 20.1. The smallest absolute Gasteiger partial charge is 0.142 e. The highest BCUT2D eigenvalue weighted by molar-refractivity contribution is 6.31. The van der Waals surface area contributed by atoms with E-state index < -0.39 is 0 Å². The number of halogens is 1. The van der Waals surface area contributed by atoms with Gasteiger partial charge in [0.05, 0.1) is 0 Å². The molecule has 3 aromatic rings. The molecule has 4 heteroatoms. The first-order valence-corrected chi connectivity index (χ1v) is 10.5. The lowest BCUT2D eigenvalue weighted by molar-refractivity contribution is 0.122. The molecule has 4 atom stereocenters. The number of aryl methyl sites for hydroxylation is 1. The van der Waals surface area contributed by atoms with E-state index in [0.717, 1.165) is 34.0 Å². The molecule has 0 saturated carbocycles. The quantitative estimate of drug-likeness (QED) is 0.544. The average Bonchev–Trinajstić information content (AvgIpc) is 3.28. The molecule has 2 aromatic carbocycles. The number of hydrogen-bond acceptors (Lipinski definition) is 3. The zero-order valence-corrected chi connectivity index (χ0v) is 17.1. The van der Waals surface area contributed by atoms with E-state index in [4.69, 9.17) is 16.1 Å². The van der Waals surface area contributed by atoms with E-state index in [1.165, 1.54) is 18.4 Å². The van der Waals surface area contributed by atoms with Gasteiger partial charge in [-0.1, -0.05) is 59.2 Å². The molecule has 1 unspecified atom stereocenters. The summed E-state index contributed by atoms with van der Waals surface area (Å²) >= 11 is 6.30. The van der Waals surface area contributed by atoms with E-state index in [9.17, 15) is 0 Å². The van der Waals surface area contributed by atoms with Gasteiger partial charge in [-0.2, -0.15) is 0 Å². The molecule has 2 fully saturated rings. The second kappa shape index (κ2) is 7.06. The monoisotopic (exact) mass is 392 g/mol. The van der Waals surface area contributed by atoms with Crippen LogP contribution >= 0.6 is 11.6 Å². The Morgan fingerprint density at radius 3 is 2.68 bits per heavy atom. The van der Waals surface area contributed by atoms with Crippen molar-refractivity contribution < 1.29 is 4.52 Å². The van der Waals surface area contributed by atoms with Gasteiger partial charge in [-0.3, -0.25) is 4.90 Å². The van der Waals surface area contributed by atoms with Gasteiger partial charge in [0.2, 0.25) is 0 Å². The van der Waals surface area contributed by atoms with Crippen molar-refractivity contribution in [1.82, 2.24) is 10.1 Å². The Balaban J connectivity index is 1.55. The Kier molecular flexibility index (Phi) is 4.53. The topological polar surface area (TPSA) is 29.3 Å². The van der Waals surface area contributed by atoms with Crippen molar-refractivity contribution in [2.24, 2.45) is 0 Å². The van der Waals surface area contributed by atoms with Gasteiger partial charge in [0.25, 0.3) is 0 Å². The maximum Gasteiger partial charge on any atom is 0.142 e. The Bertz CT molecular complexity index is 983. The van der Waals surface area contributed by atoms with Crippen LogP contribution in [0, 0.1) is 6.92 Å². The summed E-state index contributed by atoms with van der Waals surface area (Å²) in [5.41, 5.74) is 4.54. The number of hydrogen-bond donors (Lipinski definition) is 0. The van der Waals surface area contributed by atoms with Gasteiger partial charge in [0.1, 0.15) is 11.5 Å². The van der Waals surface area contributed by atoms with Gasteiger partial charge in [-0.15, -0.1) is 0 Å². The van der Waals surface area contributed by atoms with Gasteiger partial charge in [-0.05, 0) is 56.3 Å². The summed E-state index contributed by atoms with van der Waals surface area (Å²) in [7, 11) is 2.27. The molecule has 28 heavy (non-hydrogen) atoms. The lowest BCUT2D eigenvalue weighted by Crippen LogP contribution is -2.44. The van der Waals surface area contributed by atoms with E-state index in [-0.39, 0.29) is 0 Å². The van der Waals surface area contributed by atoms with Crippen molar-refractivity contribution >= 4 is 11.6 Å². The average molecular weight is 393 g/mol. The third kappa shape index (κ3) is 2.98. The van der Waals surface area contributed by atoms with Crippen molar-refractivity contribution in [2.45, 2.75) is 50.1 Å². The van der Waals surface area contributed by atoms with Crippen LogP contribution in [0.3, 0.4) is 0 Å². The van der Waals surface area contributed by atoms with Gasteiger partial charge in [0, 0.05) is 34.7 Å². The fraction of sp³-hybridized carbons (Fsp3) is 0.375. The third-order valence-corrected chi connectivity index (χ3v) is 7.23. The molecular weight excluding hydrogens is 368 g/mol. The standard InChI is InChI=1S/C24H25ClN2O/c1-15-12-17(8-10-20(15)25)19-13-18-9-11-22(27(18)2)24(19)23-14-21(26-28-23)16-6-4-3-5-7-16/h3-8,10,12,14,18-19,22,24H,9,11,13H2,1-2H3/t18-,19-,22?,24+/m1/s1. The normalized spacial score (nSPS) is 27.2. The molecule has 3 heterocycles. The zero-order valence-electron chi connectivity index (χ0n) is 16.3. The fourth-order valence-corrected chi connectivity index (χ4v) is 5.40. The van der Waals surface area contributed by atoms with Crippen LogP contribution in [0.4, 0.5) is 0 Å². The molecule has 2 bridgehead atoms. The van der Waals surface area contributed by atoms with Crippen LogP contribution in [0.25, 0.3) is 11.3 Å². The largest absolute Gasteiger partial charge is 0.360 e. The highest BCUT2D eigenvalue weighted by Crippen LogP contribution is 2.51. The second-order valence-corrected chi connectivity index (χ2v) is 8.73. The van der Waals surface area contributed by atoms with Gasteiger partial charge in [-0.25, -0.2) is 0 Å². The summed E-state index contributed by atoms with van der Waals surface area (Å²) in [5, 5.41) is 5.25. The molecule has 0 N–H and O–H groups in total. The maximum atomic E-state index is 6.30. The molecule has 0 spiro atoms. The molecule has 3 nitrogen and oxygen atoms in total. The Morgan fingerprint density at radius 2 is 1.89 bits per heavy atom. The minimum Gasteiger partial charge on any atom is -0.360 e. The van der Waals surface area contributed by atoms with E-state index >= 15 is 0 Å². The van der Waals surface area contributed by atoms with E-state index in [1.807, 2.05) is 24.3 Å². The van der Waals surface area contributed by atoms with Crippen molar-refractivity contribution in [2.75, 3.05) is 7.05 Å². The van der Waals surface area contributed by atoms with Crippen LogP contribution in [0.15, 0.2) is 59.1 Å². The van der Waals surface area contributed by atoms with Gasteiger partial charge >= 0.3 is 0 Å². The number of benzene rings is 2. The highest BCUT2D eigenvalue weighted by atomic mass is 35.5. The van der Waals surface area contributed by atoms with Crippen LogP contribution in [-0.2, 0) is 0 Å². The Labute approximate surface area is 171 Å². The molecular formula is C24H25ClN2O. The van der Waals surface area contributed by atoms with Crippen LogP contribution in [0.2, 0.25) is 5.02 Å². The number of fused-ring (bicyclic) bond motifs is 2. The van der Waals surface area contributed by atoms with Crippen molar-refractivity contribution in [3.8, 4) is 11.3 Å². The highest BCUT2D eigenvalue weighted by Gasteiger charge is 2.48. The lowest BCUT2D eigenvalue weighted by Gasteiger charge is -2.42. The summed E-state index contributed by atoms with van der Waals surface area (Å²) < 4.78 is 5.96. The summed E-state index contributed by atoms with van der Waals surface area (Å²) in [5.74, 6) is 1.75. The molecule has 0 radical (unpaired) electrons. The zero-order chi connectivity index (χ0) is 19.3. The summed E-state index contributed by atoms with van der Waals surface area (Å²) in [4.78, 5) is 2.56. The lowest BCUT2D eigenvalue weighted by atomic mass is 9.74. The molecule has 144 valence electrons. The Morgan fingerprint density at radius 1 is 1.07 bits per heavy atom. The van der Waals surface area contributed by atoms with Crippen LogP contribution in [0.1, 0.15) is 48.0 Å². The Hall–Kier alpha value is -2.10. The summed E-state index contributed by atoms with van der Waals surface area (Å²) in [6.45, 7) is 2.09. The van der Waals surface area contributed by atoms with Crippen LogP contribution in [0.5, 0.6) is 0 Å². The predicted molar refractivity (Wildman–Crippen MR) is 113 cm³/mol. The van der Waals surface area contributed by atoms with Crippen LogP contribution < -0.4 is 0 Å². The molecule has 5 rings (SSSR count). The SMILES string of the molecule is Cc1cc([C@H]2C[C@H]3CCC([C@H]2c2cc(-c4ccccc4)no2)N3C)ccc1Cl.